The summed E-state index contributed by atoms with van der Waals surface area (Å²) in [7, 11) is 3.90. The Morgan fingerprint density at radius 1 is 1.03 bits per heavy atom. The number of hydrogen-bond acceptors (Lipinski definition) is 3. The first-order chi connectivity index (χ1) is 15.6. The van der Waals surface area contributed by atoms with Crippen LogP contribution in [-0.2, 0) is 7.05 Å². The standard InChI is InChI=1S/C27H31N3OS/c1-15-26(22-12-21(31-3)4-5-24(22)29(15)2)25-14-32-27-28-23(13-30(25)27)20-10-17-6-16-7-18(8-17)19(9-16)11-20/h4-5,12-14,16-20H,6-11H2,1-3H3. The predicted octanol–water partition coefficient (Wildman–Crippen LogP) is 6.80. The number of rotatable bonds is 3. The highest BCUT2D eigenvalue weighted by atomic mass is 32.1. The van der Waals surface area contributed by atoms with Crippen molar-refractivity contribution in [3.05, 3.63) is 41.2 Å². The Bertz CT molecular complexity index is 1340. The van der Waals surface area contributed by atoms with Crippen molar-refractivity contribution in [2.45, 2.75) is 51.4 Å². The molecule has 5 heteroatoms. The molecule has 0 saturated heterocycles. The molecule has 0 radical (unpaired) electrons. The molecule has 166 valence electrons. The molecular weight excluding hydrogens is 414 g/mol. The molecule has 0 amide bonds. The number of fused-ring (bicyclic) bond motifs is 4. The summed E-state index contributed by atoms with van der Waals surface area (Å²) in [6, 6.07) is 6.40. The Kier molecular flexibility index (Phi) is 4.12. The second kappa shape index (κ2) is 6.86. The van der Waals surface area contributed by atoms with Gasteiger partial charge in [0.2, 0.25) is 0 Å². The van der Waals surface area contributed by atoms with Crippen molar-refractivity contribution in [2.75, 3.05) is 7.11 Å². The third-order valence-corrected chi connectivity index (χ3v) is 9.89. The average molecular weight is 446 g/mol. The number of ether oxygens (including phenoxy) is 1. The van der Waals surface area contributed by atoms with E-state index in [-0.39, 0.29) is 0 Å². The number of thiazole rings is 1. The quantitative estimate of drug-likeness (QED) is 0.347. The highest BCUT2D eigenvalue weighted by Crippen LogP contribution is 2.56. The van der Waals surface area contributed by atoms with E-state index < -0.39 is 0 Å². The number of aromatic nitrogens is 3. The molecule has 5 unspecified atom stereocenters. The molecule has 3 saturated carbocycles. The number of imidazole rings is 1. The van der Waals surface area contributed by atoms with Crippen LogP contribution in [0.3, 0.4) is 0 Å². The molecule has 0 N–H and O–H groups in total. The van der Waals surface area contributed by atoms with E-state index in [0.29, 0.717) is 5.92 Å². The van der Waals surface area contributed by atoms with E-state index >= 15 is 0 Å². The highest BCUT2D eigenvalue weighted by molar-refractivity contribution is 7.15. The molecule has 1 aromatic carbocycles. The molecule has 0 spiro atoms. The number of benzene rings is 1. The van der Waals surface area contributed by atoms with Gasteiger partial charge in [0.25, 0.3) is 0 Å². The van der Waals surface area contributed by atoms with Gasteiger partial charge in [-0.15, -0.1) is 11.3 Å². The molecule has 32 heavy (non-hydrogen) atoms. The molecule has 3 fully saturated rings. The summed E-state index contributed by atoms with van der Waals surface area (Å²) in [4.78, 5) is 6.32. The van der Waals surface area contributed by atoms with Crippen molar-refractivity contribution >= 4 is 27.2 Å². The Labute approximate surface area is 193 Å². The van der Waals surface area contributed by atoms with Crippen LogP contribution in [0.5, 0.6) is 5.75 Å². The van der Waals surface area contributed by atoms with Crippen LogP contribution < -0.4 is 4.74 Å². The number of hydrogen-bond donors (Lipinski definition) is 0. The molecule has 5 atom stereocenters. The number of aryl methyl sites for hydroxylation is 1. The monoisotopic (exact) mass is 445 g/mol. The Hall–Kier alpha value is -2.27. The lowest BCUT2D eigenvalue weighted by Gasteiger charge is -2.28. The average Bonchev–Trinajstić information content (AvgIpc) is 3.48. The van der Waals surface area contributed by atoms with Crippen molar-refractivity contribution < 1.29 is 4.74 Å². The smallest absolute Gasteiger partial charge is 0.194 e. The fourth-order valence-electron chi connectivity index (χ4n) is 7.58. The van der Waals surface area contributed by atoms with Gasteiger partial charge in [-0.2, -0.15) is 0 Å². The summed E-state index contributed by atoms with van der Waals surface area (Å²) in [5.41, 5.74) is 6.43. The first-order valence-electron chi connectivity index (χ1n) is 12.2. The molecule has 0 aliphatic heterocycles. The predicted molar refractivity (Wildman–Crippen MR) is 131 cm³/mol. The topological polar surface area (TPSA) is 31.5 Å². The van der Waals surface area contributed by atoms with Crippen molar-refractivity contribution in [3.8, 4) is 17.0 Å². The van der Waals surface area contributed by atoms with Crippen LogP contribution in [-0.4, -0.2) is 21.1 Å². The van der Waals surface area contributed by atoms with Gasteiger partial charge in [0, 0.05) is 46.7 Å². The minimum absolute atomic E-state index is 0.641. The van der Waals surface area contributed by atoms with Crippen LogP contribution in [0.15, 0.2) is 29.8 Å². The number of methoxy groups -OCH3 is 1. The van der Waals surface area contributed by atoms with E-state index in [1.54, 1.807) is 18.4 Å². The summed E-state index contributed by atoms with van der Waals surface area (Å²) in [5, 5.41) is 3.53. The van der Waals surface area contributed by atoms with Gasteiger partial charge in [0.15, 0.2) is 4.96 Å². The van der Waals surface area contributed by atoms with Gasteiger partial charge < -0.3 is 9.30 Å². The SMILES string of the molecule is COc1ccc2c(c1)c(-c1csc3nc(C4CC5CC6CC(C5)C(C6)C4)cn13)c(C)n2C. The maximum absolute atomic E-state index is 5.55. The van der Waals surface area contributed by atoms with Crippen LogP contribution in [0.1, 0.15) is 55.8 Å². The minimum Gasteiger partial charge on any atom is -0.497 e. The van der Waals surface area contributed by atoms with E-state index in [0.717, 1.165) is 34.4 Å². The maximum atomic E-state index is 5.55. The van der Waals surface area contributed by atoms with Crippen molar-refractivity contribution in [3.63, 3.8) is 0 Å². The summed E-state index contributed by atoms with van der Waals surface area (Å²) in [6.07, 6.45) is 11.1. The first kappa shape index (κ1) is 19.2. The van der Waals surface area contributed by atoms with Crippen LogP contribution in [0.25, 0.3) is 27.1 Å². The van der Waals surface area contributed by atoms with E-state index in [1.165, 1.54) is 72.1 Å². The van der Waals surface area contributed by atoms with Crippen molar-refractivity contribution in [1.29, 1.82) is 0 Å². The van der Waals surface area contributed by atoms with E-state index in [1.807, 2.05) is 0 Å². The molecular formula is C27H31N3OS. The van der Waals surface area contributed by atoms with Crippen LogP contribution in [0.4, 0.5) is 0 Å². The molecule has 3 heterocycles. The second-order valence-corrected chi connectivity index (χ2v) is 11.5. The van der Waals surface area contributed by atoms with E-state index in [2.05, 4.69) is 52.7 Å². The normalized spacial score (nSPS) is 29.3. The summed E-state index contributed by atoms with van der Waals surface area (Å²) in [5.74, 6) is 5.48. The molecule has 3 aromatic heterocycles. The van der Waals surface area contributed by atoms with Crippen LogP contribution >= 0.6 is 11.3 Å². The lowest BCUT2D eigenvalue weighted by atomic mass is 9.78. The minimum atomic E-state index is 0.641. The van der Waals surface area contributed by atoms with Gasteiger partial charge in [-0.3, -0.25) is 4.40 Å². The second-order valence-electron chi connectivity index (χ2n) is 10.7. The summed E-state index contributed by atoms with van der Waals surface area (Å²) >= 11 is 1.78. The number of nitrogens with zero attached hydrogens (tertiary/aromatic N) is 3. The molecule has 4 nitrogen and oxygen atoms in total. The van der Waals surface area contributed by atoms with Gasteiger partial charge >= 0.3 is 0 Å². The zero-order valence-electron chi connectivity index (χ0n) is 19.2. The van der Waals surface area contributed by atoms with Crippen molar-refractivity contribution in [1.82, 2.24) is 14.0 Å². The Morgan fingerprint density at radius 2 is 1.81 bits per heavy atom. The molecule has 3 bridgehead atoms. The van der Waals surface area contributed by atoms with Gasteiger partial charge in [-0.1, -0.05) is 0 Å². The Balaban J connectivity index is 1.33. The summed E-state index contributed by atoms with van der Waals surface area (Å²) < 4.78 is 10.2. The zero-order chi connectivity index (χ0) is 21.6. The lowest BCUT2D eigenvalue weighted by Crippen LogP contribution is -2.16. The van der Waals surface area contributed by atoms with E-state index in [4.69, 9.17) is 9.72 Å². The summed E-state index contributed by atoms with van der Waals surface area (Å²) in [6.45, 7) is 2.22. The van der Waals surface area contributed by atoms with Crippen LogP contribution in [0, 0.1) is 30.6 Å². The fourth-order valence-corrected chi connectivity index (χ4v) is 8.45. The van der Waals surface area contributed by atoms with Crippen molar-refractivity contribution in [2.24, 2.45) is 30.7 Å². The lowest BCUT2D eigenvalue weighted by molar-refractivity contribution is 0.249. The molecule has 4 aromatic rings. The first-order valence-corrected chi connectivity index (χ1v) is 13.1. The van der Waals surface area contributed by atoms with Gasteiger partial charge in [0.05, 0.1) is 18.5 Å². The largest absolute Gasteiger partial charge is 0.497 e. The van der Waals surface area contributed by atoms with Gasteiger partial charge in [-0.25, -0.2) is 4.98 Å². The zero-order valence-corrected chi connectivity index (χ0v) is 20.0. The van der Waals surface area contributed by atoms with Crippen LogP contribution in [0.2, 0.25) is 0 Å². The van der Waals surface area contributed by atoms with Gasteiger partial charge in [0.1, 0.15) is 5.75 Å². The third-order valence-electron chi connectivity index (χ3n) is 9.05. The fraction of sp³-hybridized carbons (Fsp3) is 0.519. The molecule has 7 rings (SSSR count). The molecule has 3 aliphatic rings. The third kappa shape index (κ3) is 2.70. The van der Waals surface area contributed by atoms with Gasteiger partial charge in [-0.05, 0) is 87.3 Å². The van der Waals surface area contributed by atoms with E-state index in [9.17, 15) is 0 Å². The highest BCUT2D eigenvalue weighted by Gasteiger charge is 2.45. The Morgan fingerprint density at radius 3 is 2.62 bits per heavy atom. The maximum Gasteiger partial charge on any atom is 0.194 e. The molecule has 3 aliphatic carbocycles.